The number of rotatable bonds is 6. The van der Waals surface area contributed by atoms with Crippen LogP contribution in [0.2, 0.25) is 0 Å². The number of methoxy groups -OCH3 is 1. The van der Waals surface area contributed by atoms with Gasteiger partial charge in [0.25, 0.3) is 0 Å². The van der Waals surface area contributed by atoms with Gasteiger partial charge in [-0.1, -0.05) is 60.7 Å². The molecule has 0 radical (unpaired) electrons. The van der Waals surface area contributed by atoms with E-state index in [0.717, 1.165) is 22.4 Å². The van der Waals surface area contributed by atoms with Crippen molar-refractivity contribution in [3.8, 4) is 5.75 Å². The molecule has 1 aliphatic rings. The summed E-state index contributed by atoms with van der Waals surface area (Å²) in [6.45, 7) is 0. The SMILES string of the molecule is COc1ccc(CC2(Cc3ccccc3)N=C(c3ccccc3)OC2=O)cc1. The Morgan fingerprint density at radius 1 is 0.821 bits per heavy atom. The number of nitrogens with zero attached hydrogens (tertiary/aromatic N) is 1. The number of hydrogen-bond acceptors (Lipinski definition) is 4. The maximum absolute atomic E-state index is 13.1. The highest BCUT2D eigenvalue weighted by molar-refractivity contribution is 6.08. The van der Waals surface area contributed by atoms with E-state index < -0.39 is 5.54 Å². The van der Waals surface area contributed by atoms with Crippen molar-refractivity contribution in [3.63, 3.8) is 0 Å². The minimum absolute atomic E-state index is 0.314. The molecular weight excluding hydrogens is 350 g/mol. The molecule has 0 spiro atoms. The Morgan fingerprint density at radius 3 is 2.00 bits per heavy atom. The predicted octanol–water partition coefficient (Wildman–Crippen LogP) is 4.22. The largest absolute Gasteiger partial charge is 0.497 e. The molecule has 1 atom stereocenters. The number of ether oxygens (including phenoxy) is 2. The van der Waals surface area contributed by atoms with Crippen LogP contribution >= 0.6 is 0 Å². The van der Waals surface area contributed by atoms with Gasteiger partial charge in [-0.3, -0.25) is 0 Å². The lowest BCUT2D eigenvalue weighted by atomic mass is 9.85. The molecule has 28 heavy (non-hydrogen) atoms. The molecule has 4 heteroatoms. The van der Waals surface area contributed by atoms with E-state index in [2.05, 4.69) is 0 Å². The van der Waals surface area contributed by atoms with Crippen LogP contribution in [-0.2, 0) is 22.4 Å². The summed E-state index contributed by atoms with van der Waals surface area (Å²) < 4.78 is 10.9. The molecule has 0 saturated carbocycles. The van der Waals surface area contributed by atoms with Crippen LogP contribution in [-0.4, -0.2) is 24.5 Å². The summed E-state index contributed by atoms with van der Waals surface area (Å²) in [4.78, 5) is 17.9. The van der Waals surface area contributed by atoms with Crippen LogP contribution in [0.4, 0.5) is 0 Å². The van der Waals surface area contributed by atoms with Crippen molar-refractivity contribution < 1.29 is 14.3 Å². The number of esters is 1. The molecule has 3 aromatic carbocycles. The van der Waals surface area contributed by atoms with Crippen LogP contribution in [0.3, 0.4) is 0 Å². The van der Waals surface area contributed by atoms with E-state index in [1.165, 1.54) is 0 Å². The fraction of sp³-hybridized carbons (Fsp3) is 0.167. The summed E-state index contributed by atoms with van der Waals surface area (Å²) in [5.41, 5.74) is 1.87. The normalized spacial score (nSPS) is 18.5. The molecular formula is C24H21NO3. The Hall–Kier alpha value is -3.40. The lowest BCUT2D eigenvalue weighted by Gasteiger charge is -2.22. The molecule has 0 bridgehead atoms. The van der Waals surface area contributed by atoms with Crippen LogP contribution in [0, 0.1) is 0 Å². The minimum Gasteiger partial charge on any atom is -0.497 e. The van der Waals surface area contributed by atoms with Gasteiger partial charge in [-0.05, 0) is 35.4 Å². The van der Waals surface area contributed by atoms with E-state index in [-0.39, 0.29) is 5.97 Å². The van der Waals surface area contributed by atoms with E-state index in [1.54, 1.807) is 7.11 Å². The molecule has 4 nitrogen and oxygen atoms in total. The van der Waals surface area contributed by atoms with Gasteiger partial charge in [0.15, 0.2) is 5.54 Å². The Morgan fingerprint density at radius 2 is 1.39 bits per heavy atom. The molecule has 1 aliphatic heterocycles. The fourth-order valence-corrected chi connectivity index (χ4v) is 3.45. The first-order valence-electron chi connectivity index (χ1n) is 9.23. The predicted molar refractivity (Wildman–Crippen MR) is 109 cm³/mol. The van der Waals surface area contributed by atoms with Crippen molar-refractivity contribution in [1.82, 2.24) is 0 Å². The van der Waals surface area contributed by atoms with Crippen molar-refractivity contribution in [3.05, 3.63) is 102 Å². The average Bonchev–Trinajstić information content (AvgIpc) is 3.06. The van der Waals surface area contributed by atoms with E-state index >= 15 is 0 Å². The second-order valence-electron chi connectivity index (χ2n) is 6.89. The smallest absolute Gasteiger partial charge is 0.341 e. The Balaban J connectivity index is 1.72. The molecule has 1 unspecified atom stereocenters. The molecule has 0 aromatic heterocycles. The fourth-order valence-electron chi connectivity index (χ4n) is 3.45. The molecule has 1 heterocycles. The van der Waals surface area contributed by atoms with Gasteiger partial charge >= 0.3 is 5.97 Å². The van der Waals surface area contributed by atoms with Crippen LogP contribution in [0.1, 0.15) is 16.7 Å². The van der Waals surface area contributed by atoms with Crippen LogP contribution in [0.15, 0.2) is 89.9 Å². The Bertz CT molecular complexity index is 981. The Labute approximate surface area is 164 Å². The van der Waals surface area contributed by atoms with E-state index in [0.29, 0.717) is 18.7 Å². The van der Waals surface area contributed by atoms with E-state index in [4.69, 9.17) is 14.5 Å². The quantitative estimate of drug-likeness (QED) is 0.610. The third kappa shape index (κ3) is 3.67. The van der Waals surface area contributed by atoms with E-state index in [9.17, 15) is 4.79 Å². The number of benzene rings is 3. The van der Waals surface area contributed by atoms with E-state index in [1.807, 2.05) is 84.9 Å². The van der Waals surface area contributed by atoms with Crippen molar-refractivity contribution in [2.45, 2.75) is 18.4 Å². The Kier molecular flexibility index (Phi) is 4.94. The number of hydrogen-bond donors (Lipinski definition) is 0. The van der Waals surface area contributed by atoms with Crippen LogP contribution in [0.5, 0.6) is 5.75 Å². The third-order valence-electron chi connectivity index (χ3n) is 4.90. The lowest BCUT2D eigenvalue weighted by Crippen LogP contribution is -2.38. The van der Waals surface area contributed by atoms with Gasteiger partial charge in [-0.2, -0.15) is 0 Å². The highest BCUT2D eigenvalue weighted by Gasteiger charge is 2.46. The molecule has 0 saturated heterocycles. The summed E-state index contributed by atoms with van der Waals surface area (Å²) in [5.74, 6) is 0.851. The topological polar surface area (TPSA) is 47.9 Å². The highest BCUT2D eigenvalue weighted by Crippen LogP contribution is 2.31. The zero-order chi connectivity index (χ0) is 19.4. The molecule has 0 fully saturated rings. The second-order valence-corrected chi connectivity index (χ2v) is 6.89. The maximum atomic E-state index is 13.1. The number of carbonyl (C=O) groups excluding carboxylic acids is 1. The lowest BCUT2D eigenvalue weighted by molar-refractivity contribution is -0.139. The number of carbonyl (C=O) groups is 1. The van der Waals surface area contributed by atoms with Gasteiger partial charge in [0.05, 0.1) is 7.11 Å². The van der Waals surface area contributed by atoms with Crippen molar-refractivity contribution in [2.75, 3.05) is 7.11 Å². The second kappa shape index (κ2) is 7.69. The molecule has 3 aromatic rings. The minimum atomic E-state index is -0.985. The van der Waals surface area contributed by atoms with Gasteiger partial charge in [0.1, 0.15) is 5.75 Å². The van der Waals surface area contributed by atoms with Gasteiger partial charge in [-0.25, -0.2) is 9.79 Å². The summed E-state index contributed by atoms with van der Waals surface area (Å²) in [5, 5.41) is 0. The third-order valence-corrected chi connectivity index (χ3v) is 4.90. The number of cyclic esters (lactones) is 1. The molecule has 4 rings (SSSR count). The zero-order valence-corrected chi connectivity index (χ0v) is 15.7. The molecule has 0 amide bonds. The molecule has 0 aliphatic carbocycles. The first-order chi connectivity index (χ1) is 13.7. The highest BCUT2D eigenvalue weighted by atomic mass is 16.6. The average molecular weight is 371 g/mol. The molecule has 0 N–H and O–H groups in total. The van der Waals surface area contributed by atoms with Crippen molar-refractivity contribution >= 4 is 11.9 Å². The monoisotopic (exact) mass is 371 g/mol. The summed E-state index contributed by atoms with van der Waals surface area (Å²) in [6, 6.07) is 27.2. The first-order valence-corrected chi connectivity index (χ1v) is 9.23. The van der Waals surface area contributed by atoms with Crippen LogP contribution < -0.4 is 4.74 Å². The van der Waals surface area contributed by atoms with Crippen molar-refractivity contribution in [2.24, 2.45) is 4.99 Å². The standard InChI is InChI=1S/C24H21NO3/c1-27-21-14-12-19(13-15-21)17-24(16-18-8-4-2-5-9-18)23(26)28-22(25-24)20-10-6-3-7-11-20/h2-15H,16-17H2,1H3. The summed E-state index contributed by atoms with van der Waals surface area (Å²) in [7, 11) is 1.64. The molecule has 140 valence electrons. The number of aliphatic imine (C=N–C) groups is 1. The van der Waals surface area contributed by atoms with Gasteiger partial charge in [0, 0.05) is 18.4 Å². The first kappa shape index (κ1) is 18.0. The van der Waals surface area contributed by atoms with Crippen LogP contribution in [0.25, 0.3) is 0 Å². The van der Waals surface area contributed by atoms with Gasteiger partial charge in [0.2, 0.25) is 5.90 Å². The maximum Gasteiger partial charge on any atom is 0.341 e. The summed E-state index contributed by atoms with van der Waals surface area (Å²) in [6.07, 6.45) is 0.941. The van der Waals surface area contributed by atoms with Gasteiger partial charge in [-0.15, -0.1) is 0 Å². The van der Waals surface area contributed by atoms with Gasteiger partial charge < -0.3 is 9.47 Å². The summed E-state index contributed by atoms with van der Waals surface area (Å²) >= 11 is 0. The zero-order valence-electron chi connectivity index (χ0n) is 15.7. The van der Waals surface area contributed by atoms with Crippen molar-refractivity contribution in [1.29, 1.82) is 0 Å².